The fourth-order valence-electron chi connectivity index (χ4n) is 2.01. The van der Waals surface area contributed by atoms with Crippen molar-refractivity contribution in [2.75, 3.05) is 25.1 Å². The molecule has 4 nitrogen and oxygen atoms in total. The molecular weight excluding hydrogens is 230 g/mol. The molecule has 0 aliphatic carbocycles. The van der Waals surface area contributed by atoms with E-state index in [1.54, 1.807) is 0 Å². The monoisotopic (exact) mass is 249 g/mol. The highest BCUT2D eigenvalue weighted by Gasteiger charge is 2.21. The van der Waals surface area contributed by atoms with Crippen molar-refractivity contribution in [1.82, 2.24) is 0 Å². The molecule has 18 heavy (non-hydrogen) atoms. The number of amides is 1. The molecule has 1 aliphatic rings. The third kappa shape index (κ3) is 3.47. The van der Waals surface area contributed by atoms with Crippen LogP contribution in [0.1, 0.15) is 19.8 Å². The van der Waals surface area contributed by atoms with Crippen LogP contribution < -0.4 is 10.1 Å². The molecule has 0 aromatic heterocycles. The van der Waals surface area contributed by atoms with Crippen LogP contribution >= 0.6 is 0 Å². The molecule has 0 saturated carbocycles. The molecule has 0 spiro atoms. The molecule has 1 aromatic rings. The SMILES string of the molecule is CCOc1ccc(NC(=O)C2CCOCC2)cc1. The van der Waals surface area contributed by atoms with Crippen LogP contribution in [0.2, 0.25) is 0 Å². The lowest BCUT2D eigenvalue weighted by Gasteiger charge is -2.21. The van der Waals surface area contributed by atoms with Gasteiger partial charge in [0, 0.05) is 24.8 Å². The average molecular weight is 249 g/mol. The molecule has 0 atom stereocenters. The Morgan fingerprint density at radius 2 is 2.00 bits per heavy atom. The minimum absolute atomic E-state index is 0.0744. The second-order valence-corrected chi connectivity index (χ2v) is 4.33. The van der Waals surface area contributed by atoms with Crippen molar-refractivity contribution in [3.05, 3.63) is 24.3 Å². The number of carbonyl (C=O) groups is 1. The first-order valence-electron chi connectivity index (χ1n) is 6.41. The predicted molar refractivity (Wildman–Crippen MR) is 69.8 cm³/mol. The highest BCUT2D eigenvalue weighted by atomic mass is 16.5. The Kier molecular flexibility index (Phi) is 4.59. The van der Waals surface area contributed by atoms with Crippen LogP contribution in [0.25, 0.3) is 0 Å². The molecule has 2 rings (SSSR count). The summed E-state index contributed by atoms with van der Waals surface area (Å²) in [5.74, 6) is 0.981. The second kappa shape index (κ2) is 6.40. The highest BCUT2D eigenvalue weighted by molar-refractivity contribution is 5.92. The summed E-state index contributed by atoms with van der Waals surface area (Å²) in [6, 6.07) is 7.45. The summed E-state index contributed by atoms with van der Waals surface area (Å²) in [6.07, 6.45) is 1.62. The van der Waals surface area contributed by atoms with Gasteiger partial charge < -0.3 is 14.8 Å². The second-order valence-electron chi connectivity index (χ2n) is 4.33. The molecule has 0 unspecified atom stereocenters. The van der Waals surface area contributed by atoms with Gasteiger partial charge in [-0.25, -0.2) is 0 Å². The fourth-order valence-corrected chi connectivity index (χ4v) is 2.01. The summed E-state index contributed by atoms with van der Waals surface area (Å²) in [4.78, 5) is 12.0. The van der Waals surface area contributed by atoms with E-state index in [0.717, 1.165) is 24.3 Å². The molecule has 4 heteroatoms. The van der Waals surface area contributed by atoms with E-state index in [2.05, 4.69) is 5.32 Å². The fraction of sp³-hybridized carbons (Fsp3) is 0.500. The highest BCUT2D eigenvalue weighted by Crippen LogP contribution is 2.19. The average Bonchev–Trinajstić information content (AvgIpc) is 2.42. The van der Waals surface area contributed by atoms with Gasteiger partial charge in [-0.1, -0.05) is 0 Å². The van der Waals surface area contributed by atoms with Gasteiger partial charge in [0.05, 0.1) is 6.61 Å². The lowest BCUT2D eigenvalue weighted by Crippen LogP contribution is -2.28. The largest absolute Gasteiger partial charge is 0.494 e. The molecule has 0 radical (unpaired) electrons. The molecule has 1 amide bonds. The lowest BCUT2D eigenvalue weighted by atomic mass is 9.99. The van der Waals surface area contributed by atoms with Crippen molar-refractivity contribution in [3.63, 3.8) is 0 Å². The van der Waals surface area contributed by atoms with Crippen molar-refractivity contribution in [3.8, 4) is 5.75 Å². The summed E-state index contributed by atoms with van der Waals surface area (Å²) in [5.41, 5.74) is 0.815. The van der Waals surface area contributed by atoms with E-state index in [9.17, 15) is 4.79 Å². The van der Waals surface area contributed by atoms with E-state index in [4.69, 9.17) is 9.47 Å². The number of benzene rings is 1. The van der Waals surface area contributed by atoms with Gasteiger partial charge in [0.25, 0.3) is 0 Å². The molecule has 1 N–H and O–H groups in total. The molecular formula is C14H19NO3. The lowest BCUT2D eigenvalue weighted by molar-refractivity contribution is -0.122. The van der Waals surface area contributed by atoms with Crippen molar-refractivity contribution < 1.29 is 14.3 Å². The Morgan fingerprint density at radius 1 is 1.33 bits per heavy atom. The topological polar surface area (TPSA) is 47.6 Å². The molecule has 1 aliphatic heterocycles. The van der Waals surface area contributed by atoms with Gasteiger partial charge >= 0.3 is 0 Å². The van der Waals surface area contributed by atoms with Crippen LogP contribution in [0, 0.1) is 5.92 Å². The summed E-state index contributed by atoms with van der Waals surface area (Å²) in [7, 11) is 0. The van der Waals surface area contributed by atoms with Crippen molar-refractivity contribution in [2.24, 2.45) is 5.92 Å². The minimum Gasteiger partial charge on any atom is -0.494 e. The van der Waals surface area contributed by atoms with Crippen LogP contribution in [-0.4, -0.2) is 25.7 Å². The molecule has 98 valence electrons. The van der Waals surface area contributed by atoms with E-state index in [0.29, 0.717) is 19.8 Å². The Balaban J connectivity index is 1.89. The molecule has 1 saturated heterocycles. The molecule has 1 fully saturated rings. The van der Waals surface area contributed by atoms with Crippen molar-refractivity contribution in [2.45, 2.75) is 19.8 Å². The number of anilines is 1. The van der Waals surface area contributed by atoms with Gasteiger partial charge in [0.1, 0.15) is 5.75 Å². The third-order valence-corrected chi connectivity index (χ3v) is 3.02. The standard InChI is InChI=1S/C14H19NO3/c1-2-18-13-5-3-12(4-6-13)15-14(16)11-7-9-17-10-8-11/h3-6,11H,2,7-10H2,1H3,(H,15,16). The predicted octanol–water partition coefficient (Wildman–Crippen LogP) is 2.45. The zero-order chi connectivity index (χ0) is 12.8. The maximum absolute atomic E-state index is 12.0. The Hall–Kier alpha value is -1.55. The van der Waals surface area contributed by atoms with E-state index in [1.807, 2.05) is 31.2 Å². The minimum atomic E-state index is 0.0744. The first-order valence-corrected chi connectivity index (χ1v) is 6.41. The summed E-state index contributed by atoms with van der Waals surface area (Å²) < 4.78 is 10.6. The summed E-state index contributed by atoms with van der Waals surface area (Å²) in [5, 5.41) is 2.93. The molecule has 1 heterocycles. The van der Waals surface area contributed by atoms with Gasteiger partial charge in [-0.05, 0) is 44.0 Å². The normalized spacial score (nSPS) is 16.3. The van der Waals surface area contributed by atoms with Gasteiger partial charge in [-0.15, -0.1) is 0 Å². The first kappa shape index (κ1) is 12.9. The van der Waals surface area contributed by atoms with Crippen LogP contribution in [0.4, 0.5) is 5.69 Å². The van der Waals surface area contributed by atoms with Gasteiger partial charge in [0.15, 0.2) is 0 Å². The summed E-state index contributed by atoms with van der Waals surface area (Å²) in [6.45, 7) is 3.96. The van der Waals surface area contributed by atoms with Crippen LogP contribution in [0.5, 0.6) is 5.75 Å². The zero-order valence-electron chi connectivity index (χ0n) is 10.6. The van der Waals surface area contributed by atoms with Crippen LogP contribution in [0.3, 0.4) is 0 Å². The van der Waals surface area contributed by atoms with Crippen molar-refractivity contribution in [1.29, 1.82) is 0 Å². The van der Waals surface area contributed by atoms with Gasteiger partial charge in [-0.2, -0.15) is 0 Å². The Bertz CT molecular complexity index is 383. The summed E-state index contributed by atoms with van der Waals surface area (Å²) >= 11 is 0. The number of hydrogen-bond acceptors (Lipinski definition) is 3. The van der Waals surface area contributed by atoms with Crippen LogP contribution in [0.15, 0.2) is 24.3 Å². The van der Waals surface area contributed by atoms with Crippen LogP contribution in [-0.2, 0) is 9.53 Å². The van der Waals surface area contributed by atoms with E-state index < -0.39 is 0 Å². The molecule has 0 bridgehead atoms. The van der Waals surface area contributed by atoms with E-state index >= 15 is 0 Å². The maximum Gasteiger partial charge on any atom is 0.227 e. The smallest absolute Gasteiger partial charge is 0.227 e. The quantitative estimate of drug-likeness (QED) is 0.891. The Labute approximate surface area is 107 Å². The zero-order valence-corrected chi connectivity index (χ0v) is 10.6. The number of nitrogens with one attached hydrogen (secondary N) is 1. The number of carbonyl (C=O) groups excluding carboxylic acids is 1. The van der Waals surface area contributed by atoms with Crippen molar-refractivity contribution >= 4 is 11.6 Å². The van der Waals surface area contributed by atoms with Gasteiger partial charge in [-0.3, -0.25) is 4.79 Å². The third-order valence-electron chi connectivity index (χ3n) is 3.02. The number of ether oxygens (including phenoxy) is 2. The first-order chi connectivity index (χ1) is 8.79. The number of hydrogen-bond donors (Lipinski definition) is 1. The van der Waals surface area contributed by atoms with E-state index in [1.165, 1.54) is 0 Å². The van der Waals surface area contributed by atoms with Gasteiger partial charge in [0.2, 0.25) is 5.91 Å². The Morgan fingerprint density at radius 3 is 2.61 bits per heavy atom. The maximum atomic E-state index is 12.0. The molecule has 1 aromatic carbocycles. The number of rotatable bonds is 4. The van der Waals surface area contributed by atoms with E-state index in [-0.39, 0.29) is 11.8 Å².